The van der Waals surface area contributed by atoms with E-state index >= 15 is 0 Å². The second-order valence-electron chi connectivity index (χ2n) is 8.07. The fourth-order valence-corrected chi connectivity index (χ4v) is 3.56. The van der Waals surface area contributed by atoms with Gasteiger partial charge >= 0.3 is 5.97 Å². The Balaban J connectivity index is 1.59. The minimum Gasteiger partial charge on any atom is -0.497 e. The van der Waals surface area contributed by atoms with E-state index in [1.165, 1.54) is 11.1 Å². The zero-order valence-corrected chi connectivity index (χ0v) is 20.8. The molecular weight excluding hydrogens is 488 g/mol. The Bertz CT molecular complexity index is 1350. The van der Waals surface area contributed by atoms with E-state index in [4.69, 9.17) is 14.3 Å². The number of rotatable bonds is 9. The maximum absolute atomic E-state index is 13.2. The van der Waals surface area contributed by atoms with E-state index in [1.807, 2.05) is 24.3 Å². The van der Waals surface area contributed by atoms with Gasteiger partial charge in [-0.25, -0.2) is 14.8 Å². The van der Waals surface area contributed by atoms with Crippen LogP contribution in [0.2, 0.25) is 0 Å². The van der Waals surface area contributed by atoms with Crippen molar-refractivity contribution < 1.29 is 28.7 Å². The highest BCUT2D eigenvalue weighted by Gasteiger charge is 2.30. The van der Waals surface area contributed by atoms with Crippen LogP contribution in [-0.2, 0) is 20.8 Å². The van der Waals surface area contributed by atoms with Crippen molar-refractivity contribution in [1.82, 2.24) is 10.9 Å². The van der Waals surface area contributed by atoms with Crippen molar-refractivity contribution in [1.29, 1.82) is 0 Å². The molecule has 10 nitrogen and oxygen atoms in total. The lowest BCUT2D eigenvalue weighted by molar-refractivity contribution is -0.140. The first-order valence-electron chi connectivity index (χ1n) is 11.7. The molecule has 0 radical (unpaired) electrons. The minimum absolute atomic E-state index is 0.0277. The van der Waals surface area contributed by atoms with Gasteiger partial charge in [-0.05, 0) is 60.5 Å². The Morgan fingerprint density at radius 3 is 2.21 bits per heavy atom. The Labute approximate surface area is 219 Å². The molecule has 0 aromatic heterocycles. The zero-order chi connectivity index (χ0) is 26.9. The Morgan fingerprint density at radius 2 is 1.58 bits per heavy atom. The van der Waals surface area contributed by atoms with Gasteiger partial charge in [-0.2, -0.15) is 0 Å². The molecule has 3 aromatic rings. The van der Waals surface area contributed by atoms with Crippen LogP contribution in [0, 0.1) is 0 Å². The number of hydrogen-bond donors (Lipinski definition) is 2. The van der Waals surface area contributed by atoms with Gasteiger partial charge in [0.1, 0.15) is 17.2 Å². The van der Waals surface area contributed by atoms with Crippen molar-refractivity contribution in [3.8, 4) is 11.5 Å². The number of hydrazine groups is 1. The summed E-state index contributed by atoms with van der Waals surface area (Å²) in [6.45, 7) is 0.276. The van der Waals surface area contributed by atoms with Crippen LogP contribution >= 0.6 is 0 Å². The van der Waals surface area contributed by atoms with E-state index in [1.54, 1.807) is 68.8 Å². The molecule has 0 spiro atoms. The van der Waals surface area contributed by atoms with E-state index in [0.29, 0.717) is 23.4 Å². The maximum Gasteiger partial charge on any atom is 0.376 e. The van der Waals surface area contributed by atoms with Crippen LogP contribution in [0.4, 0.5) is 5.69 Å². The van der Waals surface area contributed by atoms with E-state index in [-0.39, 0.29) is 18.0 Å². The summed E-state index contributed by atoms with van der Waals surface area (Å²) in [7, 11) is 3.13. The molecule has 1 aliphatic heterocycles. The monoisotopic (exact) mass is 514 g/mol. The fraction of sp³-hybridized carbons (Fsp3) is 0.143. The standard InChI is InChI=1S/C28H26N4O6/c1-36-22-12-8-19(9-13-22)16-17-29-27(34)24(30-26(33)20-6-4-3-5-7-20)18-25-28(35)38-31-32(25)21-10-14-23(37-2)15-11-21/h3-15,18,31H,16-17H2,1-2H3,(H,29,34)/b25-18+,30-24?. The van der Waals surface area contributed by atoms with Crippen molar-refractivity contribution >= 4 is 29.2 Å². The SMILES string of the molecule is COc1ccc(CCNC(=O)C(/C=C2\C(=O)ONN2c2ccc(OC)cc2)=NC(=O)c2ccccc2)cc1. The summed E-state index contributed by atoms with van der Waals surface area (Å²) in [5, 5.41) is 4.11. The number of nitrogens with zero attached hydrogens (tertiary/aromatic N) is 2. The van der Waals surface area contributed by atoms with Gasteiger partial charge in [-0.1, -0.05) is 35.9 Å². The van der Waals surface area contributed by atoms with E-state index in [9.17, 15) is 14.4 Å². The molecule has 1 aliphatic rings. The van der Waals surface area contributed by atoms with Crippen LogP contribution in [0.1, 0.15) is 15.9 Å². The van der Waals surface area contributed by atoms with Gasteiger partial charge in [0.2, 0.25) is 0 Å². The molecule has 1 saturated heterocycles. The average Bonchev–Trinajstić information content (AvgIpc) is 3.33. The van der Waals surface area contributed by atoms with Gasteiger partial charge in [-0.15, -0.1) is 0 Å². The van der Waals surface area contributed by atoms with E-state index in [0.717, 1.165) is 11.3 Å². The highest BCUT2D eigenvalue weighted by atomic mass is 16.7. The van der Waals surface area contributed by atoms with Gasteiger partial charge < -0.3 is 19.6 Å². The number of benzene rings is 3. The molecule has 2 amide bonds. The lowest BCUT2D eigenvalue weighted by Gasteiger charge is -2.16. The van der Waals surface area contributed by atoms with Gasteiger partial charge in [0.05, 0.1) is 19.9 Å². The molecular formula is C28H26N4O6. The van der Waals surface area contributed by atoms with Crippen molar-refractivity contribution in [2.75, 3.05) is 25.8 Å². The summed E-state index contributed by atoms with van der Waals surface area (Å²) in [5.41, 5.74) is 4.05. The first kappa shape index (κ1) is 26.1. The molecule has 10 heteroatoms. The third-order valence-electron chi connectivity index (χ3n) is 5.62. The quantitative estimate of drug-likeness (QED) is 0.331. The summed E-state index contributed by atoms with van der Waals surface area (Å²) in [4.78, 5) is 47.5. The number of carbonyl (C=O) groups excluding carboxylic acids is 3. The number of amides is 2. The van der Waals surface area contributed by atoms with Gasteiger partial charge in [-0.3, -0.25) is 9.59 Å². The molecule has 1 fully saturated rings. The van der Waals surface area contributed by atoms with Crippen LogP contribution in [0.3, 0.4) is 0 Å². The first-order chi connectivity index (χ1) is 18.5. The summed E-state index contributed by atoms with van der Waals surface area (Å²) in [5.74, 6) is -0.635. The van der Waals surface area contributed by atoms with Gasteiger partial charge in [0.25, 0.3) is 11.8 Å². The average molecular weight is 515 g/mol. The van der Waals surface area contributed by atoms with Gasteiger partial charge in [0, 0.05) is 18.2 Å². The van der Waals surface area contributed by atoms with Crippen LogP contribution in [-0.4, -0.2) is 44.3 Å². The molecule has 1 heterocycles. The molecule has 3 aromatic carbocycles. The number of nitrogens with one attached hydrogen (secondary N) is 2. The molecule has 0 saturated carbocycles. The van der Waals surface area contributed by atoms with Crippen LogP contribution in [0.15, 0.2) is 95.6 Å². The molecule has 194 valence electrons. The third-order valence-corrected chi connectivity index (χ3v) is 5.62. The normalized spacial score (nSPS) is 14.3. The number of hydrogen-bond acceptors (Lipinski definition) is 8. The zero-order valence-electron chi connectivity index (χ0n) is 20.8. The largest absolute Gasteiger partial charge is 0.497 e. The second kappa shape index (κ2) is 12.3. The summed E-state index contributed by atoms with van der Waals surface area (Å²) in [6.07, 6.45) is 1.75. The van der Waals surface area contributed by atoms with Crippen LogP contribution in [0.25, 0.3) is 0 Å². The van der Waals surface area contributed by atoms with Crippen molar-refractivity contribution in [3.05, 3.63) is 102 Å². The molecule has 4 rings (SSSR count). The summed E-state index contributed by atoms with van der Waals surface area (Å²) >= 11 is 0. The second-order valence-corrected chi connectivity index (χ2v) is 8.07. The third kappa shape index (κ3) is 6.42. The Hall–Kier alpha value is -4.96. The number of anilines is 1. The summed E-state index contributed by atoms with van der Waals surface area (Å²) < 4.78 is 10.3. The van der Waals surface area contributed by atoms with Gasteiger partial charge in [0.15, 0.2) is 5.70 Å². The van der Waals surface area contributed by atoms with Crippen LogP contribution < -0.4 is 25.4 Å². The molecule has 0 aliphatic carbocycles. The molecule has 2 N–H and O–H groups in total. The minimum atomic E-state index is -0.744. The lowest BCUT2D eigenvalue weighted by atomic mass is 10.1. The van der Waals surface area contributed by atoms with E-state index in [2.05, 4.69) is 15.9 Å². The predicted molar refractivity (Wildman–Crippen MR) is 141 cm³/mol. The molecule has 0 unspecified atom stereocenters. The highest BCUT2D eigenvalue weighted by Crippen LogP contribution is 2.24. The number of carbonyl (C=O) groups is 3. The van der Waals surface area contributed by atoms with Crippen molar-refractivity contribution in [2.45, 2.75) is 6.42 Å². The molecule has 0 atom stereocenters. The number of ether oxygens (including phenoxy) is 2. The number of aliphatic imine (C=N–C) groups is 1. The lowest BCUT2D eigenvalue weighted by Crippen LogP contribution is -2.34. The van der Waals surface area contributed by atoms with Crippen LogP contribution in [0.5, 0.6) is 11.5 Å². The van der Waals surface area contributed by atoms with Crippen molar-refractivity contribution in [2.24, 2.45) is 4.99 Å². The molecule has 38 heavy (non-hydrogen) atoms. The Morgan fingerprint density at radius 1 is 0.947 bits per heavy atom. The Kier molecular flexibility index (Phi) is 8.47. The summed E-state index contributed by atoms with van der Waals surface area (Å²) in [6, 6.07) is 22.6. The smallest absolute Gasteiger partial charge is 0.376 e. The molecule has 0 bridgehead atoms. The number of methoxy groups -OCH3 is 2. The first-order valence-corrected chi connectivity index (χ1v) is 11.7. The predicted octanol–water partition coefficient (Wildman–Crippen LogP) is 3.01. The van der Waals surface area contributed by atoms with Crippen molar-refractivity contribution in [3.63, 3.8) is 0 Å². The van der Waals surface area contributed by atoms with E-state index < -0.39 is 17.8 Å². The maximum atomic E-state index is 13.2. The fourth-order valence-electron chi connectivity index (χ4n) is 3.56. The topological polar surface area (TPSA) is 119 Å². The highest BCUT2D eigenvalue weighted by molar-refractivity contribution is 6.45.